The molecule has 3 rings (SSSR count). The summed E-state index contributed by atoms with van der Waals surface area (Å²) in [6, 6.07) is 6.92. The number of aliphatic hydroxyl groups excluding tert-OH is 1. The summed E-state index contributed by atoms with van der Waals surface area (Å²) in [7, 11) is 1.26. The lowest BCUT2D eigenvalue weighted by Crippen LogP contribution is -2.67. The van der Waals surface area contributed by atoms with E-state index < -0.39 is 83.5 Å². The monoisotopic (exact) mass is 909 g/mol. The van der Waals surface area contributed by atoms with Gasteiger partial charge in [-0.15, -0.1) is 5.12 Å². The number of nitrogens with zero attached hydrogens (tertiary/aromatic N) is 3. The second-order valence-electron chi connectivity index (χ2n) is 18.8. The molecule has 1 saturated carbocycles. The lowest BCUT2D eigenvalue weighted by atomic mass is 9.85. The summed E-state index contributed by atoms with van der Waals surface area (Å²) in [6.45, 7) is 14.1. The maximum Gasteiger partial charge on any atom is 0.408 e. The van der Waals surface area contributed by atoms with Crippen LogP contribution in [0.3, 0.4) is 0 Å². The first kappa shape index (κ1) is 54.2. The van der Waals surface area contributed by atoms with Gasteiger partial charge in [0.25, 0.3) is 11.8 Å². The highest BCUT2D eigenvalue weighted by molar-refractivity contribution is 6.04. The predicted octanol–water partition coefficient (Wildman–Crippen LogP) is 5.25. The molecule has 2 aromatic rings. The molecule has 1 aromatic carbocycles. The predicted molar refractivity (Wildman–Crippen MR) is 248 cm³/mol. The molecule has 0 radical (unpaired) electrons. The number of hydrazine groups is 2. The van der Waals surface area contributed by atoms with Gasteiger partial charge in [-0.1, -0.05) is 96.6 Å². The number of aromatic nitrogens is 1. The molecule has 17 heteroatoms. The Bertz CT molecular complexity index is 1810. The smallest absolute Gasteiger partial charge is 0.408 e. The van der Waals surface area contributed by atoms with Crippen molar-refractivity contribution in [1.29, 1.82) is 0 Å². The fourth-order valence-corrected chi connectivity index (χ4v) is 7.99. The summed E-state index contributed by atoms with van der Waals surface area (Å²) >= 11 is 0. The molecule has 1 aromatic heterocycles. The molecule has 17 nitrogen and oxygen atoms in total. The average Bonchev–Trinajstić information content (AvgIpc) is 3.25. The average molecular weight is 909 g/mol. The zero-order valence-corrected chi connectivity index (χ0v) is 40.0. The number of hydrogen-bond donors (Lipinski definition) is 6. The zero-order chi connectivity index (χ0) is 48.3. The highest BCUT2D eigenvalue weighted by Gasteiger charge is 2.39. The number of rotatable bonds is 24. The van der Waals surface area contributed by atoms with Crippen LogP contribution in [0.4, 0.5) is 10.5 Å². The van der Waals surface area contributed by atoms with Gasteiger partial charge in [0.05, 0.1) is 37.9 Å². The second-order valence-corrected chi connectivity index (χ2v) is 18.8. The number of ether oxygens (including phenoxy) is 2. The van der Waals surface area contributed by atoms with Crippen LogP contribution in [0.25, 0.3) is 0 Å². The number of nitrogens with one attached hydrogen (secondary N) is 4. The maximum absolute atomic E-state index is 14.9. The number of anilines is 1. The van der Waals surface area contributed by atoms with Crippen LogP contribution in [0.5, 0.6) is 0 Å². The van der Waals surface area contributed by atoms with Crippen molar-refractivity contribution in [3.8, 4) is 0 Å². The molecule has 5 amide bonds. The third-order valence-corrected chi connectivity index (χ3v) is 11.7. The number of carbonyl (C=O) groups is 6. The summed E-state index contributed by atoms with van der Waals surface area (Å²) in [5, 5.41) is 17.8. The number of carbonyl (C=O) groups excluding carboxylic acids is 6. The van der Waals surface area contributed by atoms with Gasteiger partial charge in [0.15, 0.2) is 0 Å². The standard InChI is InChI=1S/C48H76N8O9/c1-10-32(4)43(45(61)51-39(26-31(2)3)38(49)29-42(59)64-9)56(53-41(58)28-37(57)24-23-34-18-13-11-14-19-34)54-44(60)33(5)55(36-22-17-25-50-30-36)46(62)40(27-35-20-15-12-16-21-35)52-47(63)65-48(6,7)8/h12,15-17,20-22,25,30-34,37-40,43,57H,10-11,13-14,18-19,23-24,26-29,49H2,1-9H3,(H,51,61)(H,52,63)(H,53,58)(H,54,60)/t32-,33-,37?,38-,39-,40-,43-/m0/s1. The number of nitrogens with two attached hydrogens (primary N) is 1. The van der Waals surface area contributed by atoms with E-state index in [4.69, 9.17) is 15.2 Å². The van der Waals surface area contributed by atoms with Crippen molar-refractivity contribution in [2.24, 2.45) is 23.5 Å². The van der Waals surface area contributed by atoms with Crippen molar-refractivity contribution >= 4 is 41.4 Å². The number of methoxy groups -OCH3 is 1. The van der Waals surface area contributed by atoms with Crippen LogP contribution < -0.4 is 32.1 Å². The summed E-state index contributed by atoms with van der Waals surface area (Å²) in [6.07, 6.45) is 8.37. The summed E-state index contributed by atoms with van der Waals surface area (Å²) in [5.74, 6) is -3.23. The molecule has 362 valence electrons. The van der Waals surface area contributed by atoms with Gasteiger partial charge in [-0.25, -0.2) is 4.79 Å². The molecule has 1 aliphatic rings. The van der Waals surface area contributed by atoms with Crippen LogP contribution in [-0.2, 0) is 39.9 Å². The van der Waals surface area contributed by atoms with E-state index in [1.807, 2.05) is 39.0 Å². The van der Waals surface area contributed by atoms with Crippen LogP contribution in [0.1, 0.15) is 132 Å². The van der Waals surface area contributed by atoms with Gasteiger partial charge in [-0.2, -0.15) is 0 Å². The van der Waals surface area contributed by atoms with E-state index >= 15 is 0 Å². The van der Waals surface area contributed by atoms with Crippen molar-refractivity contribution in [3.05, 3.63) is 60.4 Å². The normalized spacial score (nSPS) is 16.5. The van der Waals surface area contributed by atoms with Crippen molar-refractivity contribution in [3.63, 3.8) is 0 Å². The van der Waals surface area contributed by atoms with Gasteiger partial charge in [-0.3, -0.25) is 44.7 Å². The SMILES string of the molecule is CC[C@H](C)[C@@H](C(=O)N[C@@H](CC(C)C)[C@@H](N)CC(=O)OC)N(NC(=O)CC(O)CCC1CCCCC1)NC(=O)[C@H](C)N(C(=O)[C@H](Cc1ccccc1)NC(=O)OC(C)(C)C)c1cccnc1. The molecule has 1 unspecified atom stereocenters. The second kappa shape index (κ2) is 26.7. The van der Waals surface area contributed by atoms with E-state index in [0.717, 1.165) is 42.8 Å². The minimum Gasteiger partial charge on any atom is -0.469 e. The third-order valence-electron chi connectivity index (χ3n) is 11.7. The topological polar surface area (TPSA) is 235 Å². The van der Waals surface area contributed by atoms with E-state index in [1.165, 1.54) is 37.7 Å². The Kier molecular flexibility index (Phi) is 22.3. The van der Waals surface area contributed by atoms with E-state index in [0.29, 0.717) is 25.2 Å². The summed E-state index contributed by atoms with van der Waals surface area (Å²) < 4.78 is 10.4. The van der Waals surface area contributed by atoms with Crippen LogP contribution in [0.2, 0.25) is 0 Å². The lowest BCUT2D eigenvalue weighted by molar-refractivity contribution is -0.147. The van der Waals surface area contributed by atoms with Gasteiger partial charge >= 0.3 is 12.1 Å². The number of amides is 5. The molecule has 7 atom stereocenters. The van der Waals surface area contributed by atoms with Crippen molar-refractivity contribution in [2.45, 2.75) is 174 Å². The molecular weight excluding hydrogens is 833 g/mol. The first-order valence-electron chi connectivity index (χ1n) is 23.2. The fourth-order valence-electron chi connectivity index (χ4n) is 7.99. The first-order chi connectivity index (χ1) is 30.7. The van der Waals surface area contributed by atoms with E-state index in [2.05, 4.69) is 26.5 Å². The Hall–Kier alpha value is -5.13. The quantitative estimate of drug-likeness (QED) is 0.0586. The van der Waals surface area contributed by atoms with E-state index in [-0.39, 0.29) is 30.9 Å². The Labute approximate surface area is 385 Å². The lowest BCUT2D eigenvalue weighted by Gasteiger charge is -2.38. The van der Waals surface area contributed by atoms with Gasteiger partial charge in [-0.05, 0) is 82.4 Å². The van der Waals surface area contributed by atoms with Gasteiger partial charge < -0.3 is 30.9 Å². The highest BCUT2D eigenvalue weighted by Crippen LogP contribution is 2.28. The molecule has 1 heterocycles. The van der Waals surface area contributed by atoms with Crippen LogP contribution in [-0.4, -0.2) is 99.9 Å². The molecule has 0 aliphatic heterocycles. The number of alkyl carbamates (subject to hydrolysis) is 1. The molecule has 0 bridgehead atoms. The Morgan fingerprint density at radius 3 is 2.17 bits per heavy atom. The Morgan fingerprint density at radius 1 is 0.908 bits per heavy atom. The zero-order valence-electron chi connectivity index (χ0n) is 40.0. The fraction of sp³-hybridized carbons (Fsp3) is 0.646. The molecule has 0 spiro atoms. The third kappa shape index (κ3) is 18.7. The van der Waals surface area contributed by atoms with E-state index in [1.54, 1.807) is 52.0 Å². The van der Waals surface area contributed by atoms with Crippen LogP contribution in [0.15, 0.2) is 54.9 Å². The number of aliphatic hydroxyl groups is 1. The highest BCUT2D eigenvalue weighted by atomic mass is 16.6. The Morgan fingerprint density at radius 2 is 1.58 bits per heavy atom. The van der Waals surface area contributed by atoms with Gasteiger partial charge in [0.1, 0.15) is 23.7 Å². The minimum atomic E-state index is -1.34. The molecule has 0 saturated heterocycles. The van der Waals surface area contributed by atoms with Crippen LogP contribution in [0, 0.1) is 17.8 Å². The Balaban J connectivity index is 2.05. The maximum atomic E-state index is 14.9. The van der Waals surface area contributed by atoms with Crippen LogP contribution >= 0.6 is 0 Å². The summed E-state index contributed by atoms with van der Waals surface area (Å²) in [4.78, 5) is 88.9. The van der Waals surface area contributed by atoms with E-state index in [9.17, 15) is 33.9 Å². The molecule has 65 heavy (non-hydrogen) atoms. The van der Waals surface area contributed by atoms with Gasteiger partial charge in [0.2, 0.25) is 11.8 Å². The molecule has 7 N–H and O–H groups in total. The molecular formula is C48H76N8O9. The number of pyridine rings is 1. The van der Waals surface area contributed by atoms with Crippen molar-refractivity contribution in [2.75, 3.05) is 12.0 Å². The minimum absolute atomic E-state index is 0.0428. The number of hydrogen-bond acceptors (Lipinski definition) is 12. The van der Waals surface area contributed by atoms with Crippen molar-refractivity contribution in [1.82, 2.24) is 31.6 Å². The molecule has 1 fully saturated rings. The number of esters is 1. The number of benzene rings is 1. The van der Waals surface area contributed by atoms with Crippen molar-refractivity contribution < 1.29 is 43.3 Å². The summed E-state index contributed by atoms with van der Waals surface area (Å²) in [5.41, 5.74) is 12.0. The first-order valence-corrected chi connectivity index (χ1v) is 23.2. The molecule has 1 aliphatic carbocycles. The van der Waals surface area contributed by atoms with Gasteiger partial charge in [0, 0.05) is 24.7 Å². The largest absolute Gasteiger partial charge is 0.469 e.